The number of hydrogen-bond acceptors (Lipinski definition) is 3. The number of aromatic nitrogens is 2. The molecule has 0 fully saturated rings. The van der Waals surface area contributed by atoms with E-state index in [4.69, 9.17) is 10.5 Å². The molecule has 1 heterocycles. The molecule has 0 atom stereocenters. The van der Waals surface area contributed by atoms with Gasteiger partial charge in [0.1, 0.15) is 11.6 Å². The summed E-state index contributed by atoms with van der Waals surface area (Å²) in [5, 5.41) is 4.12. The van der Waals surface area contributed by atoms with E-state index in [-0.39, 0.29) is 6.04 Å². The maximum Gasteiger partial charge on any atom is 0.165 e. The number of halogens is 1. The third-order valence-electron chi connectivity index (χ3n) is 2.24. The first-order chi connectivity index (χ1) is 8.04. The topological polar surface area (TPSA) is 53.1 Å². The molecule has 17 heavy (non-hydrogen) atoms. The summed E-state index contributed by atoms with van der Waals surface area (Å²) in [6, 6.07) is 4.34. The lowest BCUT2D eigenvalue weighted by Crippen LogP contribution is -1.99. The van der Waals surface area contributed by atoms with Crippen LogP contribution >= 0.6 is 0 Å². The van der Waals surface area contributed by atoms with Gasteiger partial charge >= 0.3 is 0 Å². The van der Waals surface area contributed by atoms with Crippen molar-refractivity contribution in [1.82, 2.24) is 9.78 Å². The van der Waals surface area contributed by atoms with Crippen LogP contribution in [0.3, 0.4) is 0 Å². The standard InChI is InChI=1S/C12H14FN3O/c1-8(2)16-7-12(6-15-16)17-11-4-9(13)3-10(14)5-11/h3-8H,14H2,1-2H3. The van der Waals surface area contributed by atoms with Gasteiger partial charge in [0, 0.05) is 23.9 Å². The highest BCUT2D eigenvalue weighted by atomic mass is 19.1. The SMILES string of the molecule is CC(C)n1cc(Oc2cc(N)cc(F)c2)cn1. The van der Waals surface area contributed by atoms with Crippen molar-refractivity contribution in [2.45, 2.75) is 19.9 Å². The number of rotatable bonds is 3. The Balaban J connectivity index is 2.19. The Kier molecular flexibility index (Phi) is 2.99. The third-order valence-corrected chi connectivity index (χ3v) is 2.24. The largest absolute Gasteiger partial charge is 0.454 e. The van der Waals surface area contributed by atoms with E-state index < -0.39 is 5.82 Å². The summed E-state index contributed by atoms with van der Waals surface area (Å²) >= 11 is 0. The van der Waals surface area contributed by atoms with Crippen molar-refractivity contribution in [3.63, 3.8) is 0 Å². The Labute approximate surface area is 98.8 Å². The van der Waals surface area contributed by atoms with Gasteiger partial charge in [-0.05, 0) is 19.9 Å². The fourth-order valence-electron chi connectivity index (χ4n) is 1.44. The lowest BCUT2D eigenvalue weighted by molar-refractivity contribution is 0.472. The molecule has 1 aromatic heterocycles. The number of hydrogen-bond donors (Lipinski definition) is 1. The van der Waals surface area contributed by atoms with Gasteiger partial charge in [-0.2, -0.15) is 5.10 Å². The monoisotopic (exact) mass is 235 g/mol. The summed E-state index contributed by atoms with van der Waals surface area (Å²) in [4.78, 5) is 0. The molecule has 0 saturated heterocycles. The molecule has 0 radical (unpaired) electrons. The molecule has 0 amide bonds. The molecule has 0 saturated carbocycles. The summed E-state index contributed by atoms with van der Waals surface area (Å²) in [6.07, 6.45) is 3.34. The van der Waals surface area contributed by atoms with E-state index in [9.17, 15) is 4.39 Å². The van der Waals surface area contributed by atoms with E-state index in [1.54, 1.807) is 23.1 Å². The molecule has 0 unspecified atom stereocenters. The molecule has 4 nitrogen and oxygen atoms in total. The maximum absolute atomic E-state index is 13.1. The van der Waals surface area contributed by atoms with E-state index in [2.05, 4.69) is 5.10 Å². The van der Waals surface area contributed by atoms with Crippen LogP contribution in [0.5, 0.6) is 11.5 Å². The Morgan fingerprint density at radius 3 is 2.65 bits per heavy atom. The van der Waals surface area contributed by atoms with Crippen molar-refractivity contribution in [2.75, 3.05) is 5.73 Å². The van der Waals surface area contributed by atoms with Gasteiger partial charge < -0.3 is 10.5 Å². The second-order valence-electron chi connectivity index (χ2n) is 4.07. The molecule has 2 rings (SSSR count). The van der Waals surface area contributed by atoms with Gasteiger partial charge in [0.15, 0.2) is 5.75 Å². The zero-order valence-electron chi connectivity index (χ0n) is 9.72. The van der Waals surface area contributed by atoms with E-state index in [1.165, 1.54) is 12.1 Å². The van der Waals surface area contributed by atoms with E-state index >= 15 is 0 Å². The van der Waals surface area contributed by atoms with Crippen molar-refractivity contribution >= 4 is 5.69 Å². The molecule has 2 N–H and O–H groups in total. The smallest absolute Gasteiger partial charge is 0.165 e. The van der Waals surface area contributed by atoms with Gasteiger partial charge in [-0.3, -0.25) is 4.68 Å². The molecule has 0 aliphatic rings. The number of benzene rings is 1. The summed E-state index contributed by atoms with van der Waals surface area (Å²) in [6.45, 7) is 4.02. The number of ether oxygens (including phenoxy) is 1. The highest BCUT2D eigenvalue weighted by Crippen LogP contribution is 2.24. The van der Waals surface area contributed by atoms with Gasteiger partial charge in [0.05, 0.1) is 12.4 Å². The van der Waals surface area contributed by atoms with Gasteiger partial charge in [0.2, 0.25) is 0 Å². The quantitative estimate of drug-likeness (QED) is 0.832. The molecule has 5 heteroatoms. The van der Waals surface area contributed by atoms with Crippen LogP contribution in [0.1, 0.15) is 19.9 Å². The molecular formula is C12H14FN3O. The average molecular weight is 235 g/mol. The van der Waals surface area contributed by atoms with Crippen LogP contribution in [0.15, 0.2) is 30.6 Å². The Morgan fingerprint density at radius 2 is 2.06 bits per heavy atom. The maximum atomic E-state index is 13.1. The van der Waals surface area contributed by atoms with E-state index in [0.717, 1.165) is 0 Å². The molecule has 0 spiro atoms. The number of nitrogens with zero attached hydrogens (tertiary/aromatic N) is 2. The van der Waals surface area contributed by atoms with Gasteiger partial charge in [0.25, 0.3) is 0 Å². The Bertz CT molecular complexity index is 502. The van der Waals surface area contributed by atoms with Crippen molar-refractivity contribution in [3.8, 4) is 11.5 Å². The second kappa shape index (κ2) is 4.45. The number of nitrogen functional groups attached to an aromatic ring is 1. The molecule has 90 valence electrons. The minimum Gasteiger partial charge on any atom is -0.454 e. The van der Waals surface area contributed by atoms with Crippen LogP contribution < -0.4 is 10.5 Å². The average Bonchev–Trinajstić information content (AvgIpc) is 2.64. The van der Waals surface area contributed by atoms with E-state index in [0.29, 0.717) is 17.2 Å². The fourth-order valence-corrected chi connectivity index (χ4v) is 1.44. The summed E-state index contributed by atoms with van der Waals surface area (Å²) < 4.78 is 20.3. The first-order valence-electron chi connectivity index (χ1n) is 5.32. The van der Waals surface area contributed by atoms with Gasteiger partial charge in [-0.25, -0.2) is 4.39 Å². The Hall–Kier alpha value is -2.04. The zero-order valence-corrected chi connectivity index (χ0v) is 9.72. The van der Waals surface area contributed by atoms with Crippen molar-refractivity contribution < 1.29 is 9.13 Å². The molecule has 0 aliphatic heterocycles. The summed E-state index contributed by atoms with van der Waals surface area (Å²) in [5.41, 5.74) is 5.86. The molecular weight excluding hydrogens is 221 g/mol. The first kappa shape index (κ1) is 11.4. The van der Waals surface area contributed by atoms with Crippen LogP contribution in [0.2, 0.25) is 0 Å². The van der Waals surface area contributed by atoms with Crippen LogP contribution in [0, 0.1) is 5.82 Å². The first-order valence-corrected chi connectivity index (χ1v) is 5.32. The zero-order chi connectivity index (χ0) is 12.4. The molecule has 0 aliphatic carbocycles. The summed E-state index contributed by atoms with van der Waals surface area (Å²) in [5.74, 6) is 0.505. The number of nitrogens with two attached hydrogens (primary N) is 1. The highest BCUT2D eigenvalue weighted by molar-refractivity contribution is 5.45. The van der Waals surface area contributed by atoms with Crippen molar-refractivity contribution in [1.29, 1.82) is 0 Å². The minimum atomic E-state index is -0.420. The lowest BCUT2D eigenvalue weighted by atomic mass is 10.3. The van der Waals surface area contributed by atoms with Crippen LogP contribution in [-0.2, 0) is 0 Å². The Morgan fingerprint density at radius 1 is 1.29 bits per heavy atom. The normalized spacial score (nSPS) is 10.8. The highest BCUT2D eigenvalue weighted by Gasteiger charge is 2.05. The fraction of sp³-hybridized carbons (Fsp3) is 0.250. The summed E-state index contributed by atoms with van der Waals surface area (Å²) in [7, 11) is 0. The number of anilines is 1. The molecule has 1 aromatic carbocycles. The predicted octanol–water partition coefficient (Wildman–Crippen LogP) is 2.98. The van der Waals surface area contributed by atoms with Crippen LogP contribution in [0.4, 0.5) is 10.1 Å². The lowest BCUT2D eigenvalue weighted by Gasteiger charge is -2.05. The minimum absolute atomic E-state index is 0.255. The predicted molar refractivity (Wildman–Crippen MR) is 63.5 cm³/mol. The van der Waals surface area contributed by atoms with E-state index in [1.807, 2.05) is 13.8 Å². The van der Waals surface area contributed by atoms with Gasteiger partial charge in [-0.15, -0.1) is 0 Å². The van der Waals surface area contributed by atoms with Crippen molar-refractivity contribution in [3.05, 3.63) is 36.4 Å². The second-order valence-corrected chi connectivity index (χ2v) is 4.07. The van der Waals surface area contributed by atoms with Crippen LogP contribution in [0.25, 0.3) is 0 Å². The van der Waals surface area contributed by atoms with Crippen molar-refractivity contribution in [2.24, 2.45) is 0 Å². The van der Waals surface area contributed by atoms with Crippen LogP contribution in [-0.4, -0.2) is 9.78 Å². The molecule has 0 bridgehead atoms. The van der Waals surface area contributed by atoms with Gasteiger partial charge in [-0.1, -0.05) is 0 Å². The molecule has 2 aromatic rings. The third kappa shape index (κ3) is 2.75.